The monoisotopic (exact) mass is 305 g/mol. The van der Waals surface area contributed by atoms with Crippen LogP contribution in [-0.2, 0) is 6.18 Å². The molecule has 0 radical (unpaired) electrons. The Labute approximate surface area is 118 Å². The van der Waals surface area contributed by atoms with E-state index >= 15 is 0 Å². The highest BCUT2D eigenvalue weighted by molar-refractivity contribution is 5.65. The maximum atomic E-state index is 12.7. The zero-order chi connectivity index (χ0) is 15.8. The number of hydrogen-bond acceptors (Lipinski definition) is 5. The van der Waals surface area contributed by atoms with E-state index < -0.39 is 28.1 Å². The number of aliphatic hydroxyl groups is 1. The summed E-state index contributed by atoms with van der Waals surface area (Å²) in [6.45, 7) is 2.02. The van der Waals surface area contributed by atoms with Crippen molar-refractivity contribution in [3.63, 3.8) is 0 Å². The molecule has 1 saturated heterocycles. The second kappa shape index (κ2) is 5.14. The Balaban J connectivity index is 2.31. The van der Waals surface area contributed by atoms with Crippen LogP contribution in [0.5, 0.6) is 0 Å². The van der Waals surface area contributed by atoms with Gasteiger partial charge < -0.3 is 10.0 Å². The van der Waals surface area contributed by atoms with Gasteiger partial charge in [-0.1, -0.05) is 13.3 Å². The lowest BCUT2D eigenvalue weighted by atomic mass is 9.88. The number of halogens is 3. The van der Waals surface area contributed by atoms with E-state index in [2.05, 4.69) is 4.98 Å². The van der Waals surface area contributed by atoms with Crippen molar-refractivity contribution in [1.82, 2.24) is 4.98 Å². The number of rotatable bonds is 4. The van der Waals surface area contributed by atoms with E-state index in [-0.39, 0.29) is 18.8 Å². The highest BCUT2D eigenvalue weighted by Crippen LogP contribution is 2.39. The molecule has 2 rings (SSSR count). The van der Waals surface area contributed by atoms with Gasteiger partial charge in [0.2, 0.25) is 0 Å². The summed E-state index contributed by atoms with van der Waals surface area (Å²) in [5, 5.41) is 21.0. The first-order chi connectivity index (χ1) is 9.66. The van der Waals surface area contributed by atoms with Crippen molar-refractivity contribution in [3.05, 3.63) is 28.1 Å². The van der Waals surface area contributed by atoms with Gasteiger partial charge >= 0.3 is 11.9 Å². The molecule has 1 aromatic heterocycles. The first-order valence-electron chi connectivity index (χ1n) is 6.35. The van der Waals surface area contributed by atoms with Crippen LogP contribution >= 0.6 is 0 Å². The Morgan fingerprint density at radius 2 is 2.14 bits per heavy atom. The summed E-state index contributed by atoms with van der Waals surface area (Å²) in [7, 11) is 0. The summed E-state index contributed by atoms with van der Waals surface area (Å²) in [6, 6.07) is 0.656. The van der Waals surface area contributed by atoms with Crippen LogP contribution in [0.25, 0.3) is 0 Å². The van der Waals surface area contributed by atoms with Crippen LogP contribution in [0.3, 0.4) is 0 Å². The largest absolute Gasteiger partial charge is 0.433 e. The van der Waals surface area contributed by atoms with Gasteiger partial charge in [-0.15, -0.1) is 0 Å². The molecule has 9 heteroatoms. The molecule has 0 aliphatic carbocycles. The molecule has 0 atom stereocenters. The molecule has 6 nitrogen and oxygen atoms in total. The Kier molecular flexibility index (Phi) is 3.79. The summed E-state index contributed by atoms with van der Waals surface area (Å²) in [6.07, 6.45) is -2.85. The molecule has 0 amide bonds. The molecule has 1 aliphatic rings. The molecule has 21 heavy (non-hydrogen) atoms. The van der Waals surface area contributed by atoms with Gasteiger partial charge in [0, 0.05) is 13.1 Å². The first kappa shape index (κ1) is 15.5. The number of alkyl halides is 3. The normalized spacial score (nSPS) is 17.5. The number of nitro groups is 1. The molecule has 0 aromatic carbocycles. The van der Waals surface area contributed by atoms with Gasteiger partial charge in [-0.3, -0.25) is 10.1 Å². The highest BCUT2D eigenvalue weighted by atomic mass is 19.4. The molecule has 2 heterocycles. The number of β-amino-alcohol motifs (C(OH)–C–C–N with tert-alkyl or cyclic N) is 1. The average molecular weight is 305 g/mol. The van der Waals surface area contributed by atoms with Crippen molar-refractivity contribution >= 4 is 11.4 Å². The highest BCUT2D eigenvalue weighted by Gasteiger charge is 2.44. The predicted molar refractivity (Wildman–Crippen MR) is 68.0 cm³/mol. The van der Waals surface area contributed by atoms with E-state index in [4.69, 9.17) is 0 Å². The summed E-state index contributed by atoms with van der Waals surface area (Å²) < 4.78 is 38.0. The van der Waals surface area contributed by atoms with Gasteiger partial charge in [0.25, 0.3) is 0 Å². The number of pyridine rings is 1. The third-order valence-corrected chi connectivity index (χ3v) is 3.38. The van der Waals surface area contributed by atoms with Gasteiger partial charge in [-0.25, -0.2) is 4.98 Å². The third-order valence-electron chi connectivity index (χ3n) is 3.38. The number of hydrogen-bond donors (Lipinski definition) is 1. The molecule has 1 fully saturated rings. The summed E-state index contributed by atoms with van der Waals surface area (Å²) in [4.78, 5) is 14.6. The van der Waals surface area contributed by atoms with E-state index in [0.717, 1.165) is 6.42 Å². The van der Waals surface area contributed by atoms with Gasteiger partial charge in [-0.05, 0) is 12.5 Å². The number of aromatic nitrogens is 1. The molecule has 0 spiro atoms. The van der Waals surface area contributed by atoms with Crippen LogP contribution in [-0.4, -0.2) is 33.7 Å². The van der Waals surface area contributed by atoms with Crippen LogP contribution in [0.2, 0.25) is 0 Å². The molecule has 0 bridgehead atoms. The van der Waals surface area contributed by atoms with Gasteiger partial charge in [0.05, 0.1) is 10.5 Å². The molecule has 0 unspecified atom stereocenters. The molecular weight excluding hydrogens is 291 g/mol. The van der Waals surface area contributed by atoms with Crippen LogP contribution in [0.4, 0.5) is 24.5 Å². The van der Waals surface area contributed by atoms with Crippen LogP contribution in [0.15, 0.2) is 12.3 Å². The van der Waals surface area contributed by atoms with E-state index in [9.17, 15) is 28.4 Å². The Morgan fingerprint density at radius 3 is 2.62 bits per heavy atom. The maximum Gasteiger partial charge on any atom is 0.433 e. The molecule has 0 saturated carbocycles. The lowest BCUT2D eigenvalue weighted by Gasteiger charge is -2.47. The van der Waals surface area contributed by atoms with E-state index in [1.54, 1.807) is 0 Å². The topological polar surface area (TPSA) is 79.5 Å². The average Bonchev–Trinajstić information content (AvgIpc) is 2.34. The van der Waals surface area contributed by atoms with E-state index in [1.165, 1.54) is 4.90 Å². The molecule has 1 aliphatic heterocycles. The van der Waals surface area contributed by atoms with E-state index in [1.807, 2.05) is 6.92 Å². The van der Waals surface area contributed by atoms with Crippen LogP contribution < -0.4 is 4.90 Å². The summed E-state index contributed by atoms with van der Waals surface area (Å²) in [5.41, 5.74) is -2.84. The van der Waals surface area contributed by atoms with Gasteiger partial charge in [0.15, 0.2) is 0 Å². The van der Waals surface area contributed by atoms with Gasteiger partial charge in [-0.2, -0.15) is 13.2 Å². The van der Waals surface area contributed by atoms with Crippen LogP contribution in [0, 0.1) is 10.1 Å². The Morgan fingerprint density at radius 1 is 1.52 bits per heavy atom. The van der Waals surface area contributed by atoms with Crippen molar-refractivity contribution in [2.24, 2.45) is 0 Å². The standard InChI is InChI=1S/C12H14F3N3O3/c1-2-3-11(19)6-17(7-11)8-4-10(12(13,14)15)16-5-9(8)18(20)21/h4-5,19H,2-3,6-7H2,1H3. The zero-order valence-electron chi connectivity index (χ0n) is 11.2. The van der Waals surface area contributed by atoms with Crippen molar-refractivity contribution in [2.75, 3.05) is 18.0 Å². The second-order valence-electron chi connectivity index (χ2n) is 5.14. The number of nitrogens with zero attached hydrogens (tertiary/aromatic N) is 3. The third kappa shape index (κ3) is 3.07. The molecule has 1 N–H and O–H groups in total. The van der Waals surface area contributed by atoms with Crippen molar-refractivity contribution in [3.8, 4) is 0 Å². The van der Waals surface area contributed by atoms with Crippen molar-refractivity contribution in [2.45, 2.75) is 31.5 Å². The zero-order valence-corrected chi connectivity index (χ0v) is 11.2. The lowest BCUT2D eigenvalue weighted by molar-refractivity contribution is -0.384. The quantitative estimate of drug-likeness (QED) is 0.682. The first-order valence-corrected chi connectivity index (χ1v) is 6.35. The van der Waals surface area contributed by atoms with Crippen molar-refractivity contribution < 1.29 is 23.2 Å². The summed E-state index contributed by atoms with van der Waals surface area (Å²) in [5.74, 6) is 0. The minimum Gasteiger partial charge on any atom is -0.386 e. The molecule has 116 valence electrons. The second-order valence-corrected chi connectivity index (χ2v) is 5.14. The van der Waals surface area contributed by atoms with E-state index in [0.29, 0.717) is 18.7 Å². The lowest BCUT2D eigenvalue weighted by Crippen LogP contribution is -2.62. The van der Waals surface area contributed by atoms with Crippen molar-refractivity contribution in [1.29, 1.82) is 0 Å². The fourth-order valence-electron chi connectivity index (χ4n) is 2.44. The predicted octanol–water partition coefficient (Wildman–Crippen LogP) is 2.36. The van der Waals surface area contributed by atoms with Crippen LogP contribution in [0.1, 0.15) is 25.5 Å². The maximum absolute atomic E-state index is 12.7. The summed E-state index contributed by atoms with van der Waals surface area (Å²) >= 11 is 0. The number of anilines is 1. The fraction of sp³-hybridized carbons (Fsp3) is 0.583. The smallest absolute Gasteiger partial charge is 0.386 e. The Bertz CT molecular complexity index is 556. The SMILES string of the molecule is CCCC1(O)CN(c2cc(C(F)(F)F)ncc2[N+](=O)[O-])C1. The van der Waals surface area contributed by atoms with Gasteiger partial charge in [0.1, 0.15) is 17.6 Å². The Hall–Kier alpha value is -1.90. The minimum absolute atomic E-state index is 0.0724. The minimum atomic E-state index is -4.67. The molecule has 1 aromatic rings. The fourth-order valence-corrected chi connectivity index (χ4v) is 2.44. The molecular formula is C12H14F3N3O3.